The second-order valence-electron chi connectivity index (χ2n) is 4.19. The Morgan fingerprint density at radius 1 is 1.33 bits per heavy atom. The lowest BCUT2D eigenvalue weighted by Gasteiger charge is -2.05. The number of benzene rings is 1. The average molecular weight is 302 g/mol. The third-order valence-corrected chi connectivity index (χ3v) is 3.71. The van der Waals surface area contributed by atoms with E-state index in [4.69, 9.17) is 5.73 Å². The van der Waals surface area contributed by atoms with E-state index in [0.717, 1.165) is 11.1 Å². The Hall–Kier alpha value is -2.30. The Morgan fingerprint density at radius 2 is 2.05 bits per heavy atom. The first kappa shape index (κ1) is 15.1. The van der Waals surface area contributed by atoms with Crippen molar-refractivity contribution in [1.82, 2.24) is 14.8 Å². The molecule has 1 heterocycles. The predicted molar refractivity (Wildman–Crippen MR) is 82.0 cm³/mol. The molecule has 0 unspecified atom stereocenters. The smallest absolute Gasteiger partial charge is 0.320 e. The van der Waals surface area contributed by atoms with E-state index in [1.807, 2.05) is 24.3 Å². The fourth-order valence-corrected chi connectivity index (χ4v) is 2.45. The van der Waals surface area contributed by atoms with E-state index in [-0.39, 0.29) is 0 Å². The molecule has 0 spiro atoms. The minimum Gasteiger partial charge on any atom is -0.320 e. The molecule has 21 heavy (non-hydrogen) atoms. The summed E-state index contributed by atoms with van der Waals surface area (Å²) in [5, 5.41) is 2.88. The first-order chi connectivity index (χ1) is 10.1. The molecule has 0 radical (unpaired) electrons. The van der Waals surface area contributed by atoms with Gasteiger partial charge in [-0.2, -0.15) is 4.98 Å². The number of aromatic nitrogens is 3. The molecule has 2 aromatic rings. The molecule has 0 aliphatic heterocycles. The van der Waals surface area contributed by atoms with Crippen molar-refractivity contribution < 1.29 is 0 Å². The maximum absolute atomic E-state index is 11.2. The molecule has 6 nitrogen and oxygen atoms in total. The number of hydrogen-bond acceptors (Lipinski definition) is 5. The van der Waals surface area contributed by atoms with Crippen molar-refractivity contribution in [3.8, 4) is 11.8 Å². The fraction of sp³-hybridized carbons (Fsp3) is 0.214. The summed E-state index contributed by atoms with van der Waals surface area (Å²) in [6, 6.07) is 7.74. The van der Waals surface area contributed by atoms with Crippen LogP contribution >= 0.6 is 11.8 Å². The number of nitrogens with zero attached hydrogens (tertiary/aromatic N) is 2. The minimum atomic E-state index is -0.775. The summed E-state index contributed by atoms with van der Waals surface area (Å²) < 4.78 is 1.44. The van der Waals surface area contributed by atoms with E-state index in [0.29, 0.717) is 17.5 Å². The summed E-state index contributed by atoms with van der Waals surface area (Å²) in [6.07, 6.45) is 0. The molecule has 7 heteroatoms. The van der Waals surface area contributed by atoms with Gasteiger partial charge in [0.2, 0.25) is 0 Å². The standard InChI is InChI=1S/C14H14N4O2S/c1-18-14(16-12(19)13(20)17-18)21-9-11-6-4-10(5-7-11)3-2-8-15/h4-7H,8-9,15H2,1H3,(H,17,20). The zero-order valence-electron chi connectivity index (χ0n) is 11.4. The van der Waals surface area contributed by atoms with Crippen molar-refractivity contribution in [3.05, 3.63) is 56.1 Å². The van der Waals surface area contributed by atoms with Crippen LogP contribution in [0.3, 0.4) is 0 Å². The van der Waals surface area contributed by atoms with Crippen molar-refractivity contribution in [1.29, 1.82) is 0 Å². The molecule has 0 saturated heterocycles. The number of nitrogens with one attached hydrogen (secondary N) is 1. The van der Waals surface area contributed by atoms with Gasteiger partial charge < -0.3 is 5.73 Å². The van der Waals surface area contributed by atoms with Gasteiger partial charge in [-0.1, -0.05) is 35.7 Å². The average Bonchev–Trinajstić information content (AvgIpc) is 2.48. The lowest BCUT2D eigenvalue weighted by molar-refractivity contribution is 0.596. The molecule has 0 atom stereocenters. The zero-order chi connectivity index (χ0) is 15.2. The van der Waals surface area contributed by atoms with E-state index in [9.17, 15) is 9.59 Å². The number of thioether (sulfide) groups is 1. The van der Waals surface area contributed by atoms with Crippen molar-refractivity contribution in [2.45, 2.75) is 10.9 Å². The summed E-state index contributed by atoms with van der Waals surface area (Å²) in [7, 11) is 1.64. The predicted octanol–water partition coefficient (Wildman–Crippen LogP) is 0.0711. The quantitative estimate of drug-likeness (QED) is 0.475. The van der Waals surface area contributed by atoms with Gasteiger partial charge in [0, 0.05) is 18.4 Å². The summed E-state index contributed by atoms with van der Waals surface area (Å²) in [5.41, 5.74) is 5.80. The van der Waals surface area contributed by atoms with Gasteiger partial charge in [0.25, 0.3) is 0 Å². The molecule has 0 amide bonds. The van der Waals surface area contributed by atoms with Crippen LogP contribution in [0.4, 0.5) is 0 Å². The Kier molecular flexibility index (Phi) is 4.98. The van der Waals surface area contributed by atoms with Crippen molar-refractivity contribution >= 4 is 11.8 Å². The largest absolute Gasteiger partial charge is 0.339 e. The van der Waals surface area contributed by atoms with Crippen LogP contribution < -0.4 is 16.9 Å². The van der Waals surface area contributed by atoms with Crippen LogP contribution in [-0.2, 0) is 12.8 Å². The Bertz CT molecular complexity index is 797. The minimum absolute atomic E-state index is 0.337. The highest BCUT2D eigenvalue weighted by molar-refractivity contribution is 7.98. The fourth-order valence-electron chi connectivity index (χ4n) is 1.57. The molecular weight excluding hydrogens is 288 g/mol. The molecule has 0 bridgehead atoms. The number of nitrogens with two attached hydrogens (primary N) is 1. The maximum atomic E-state index is 11.2. The van der Waals surface area contributed by atoms with E-state index >= 15 is 0 Å². The third kappa shape index (κ3) is 4.08. The highest BCUT2D eigenvalue weighted by Crippen LogP contribution is 2.18. The highest BCUT2D eigenvalue weighted by atomic mass is 32.2. The normalized spacial score (nSPS) is 10.0. The SMILES string of the molecule is Cn1[nH]c(=O)c(=O)nc1SCc1ccc(C#CCN)cc1. The molecule has 3 N–H and O–H groups in total. The molecule has 0 aliphatic carbocycles. The van der Waals surface area contributed by atoms with Crippen molar-refractivity contribution in [2.24, 2.45) is 12.8 Å². The summed E-state index contributed by atoms with van der Waals surface area (Å²) >= 11 is 1.37. The summed E-state index contributed by atoms with van der Waals surface area (Å²) in [6.45, 7) is 0.337. The van der Waals surface area contributed by atoms with E-state index in [2.05, 4.69) is 21.9 Å². The Balaban J connectivity index is 2.08. The molecule has 2 rings (SSSR count). The van der Waals surface area contributed by atoms with Gasteiger partial charge in [-0.15, -0.1) is 0 Å². The van der Waals surface area contributed by atoms with Crippen LogP contribution in [0.2, 0.25) is 0 Å². The number of H-pyrrole nitrogens is 1. The second-order valence-corrected chi connectivity index (χ2v) is 5.13. The first-order valence-corrected chi connectivity index (χ1v) is 7.17. The number of aromatic amines is 1. The maximum Gasteiger partial charge on any atom is 0.339 e. The second kappa shape index (κ2) is 6.92. The van der Waals surface area contributed by atoms with Gasteiger partial charge in [0.05, 0.1) is 6.54 Å². The zero-order valence-corrected chi connectivity index (χ0v) is 12.2. The van der Waals surface area contributed by atoms with Crippen LogP contribution in [0.1, 0.15) is 11.1 Å². The molecule has 0 saturated carbocycles. The molecule has 0 aliphatic rings. The Morgan fingerprint density at radius 3 is 2.71 bits per heavy atom. The number of aryl methyl sites for hydroxylation is 1. The van der Waals surface area contributed by atoms with Gasteiger partial charge in [-0.3, -0.25) is 19.4 Å². The molecular formula is C14H14N4O2S. The lowest BCUT2D eigenvalue weighted by atomic mass is 10.1. The van der Waals surface area contributed by atoms with Crippen LogP contribution in [0.15, 0.2) is 39.0 Å². The van der Waals surface area contributed by atoms with E-state index < -0.39 is 11.1 Å². The summed E-state index contributed by atoms with van der Waals surface area (Å²) in [5.74, 6) is 6.38. The molecule has 0 fully saturated rings. The van der Waals surface area contributed by atoms with Crippen LogP contribution in [-0.4, -0.2) is 21.3 Å². The summed E-state index contributed by atoms with van der Waals surface area (Å²) in [4.78, 5) is 26.1. The van der Waals surface area contributed by atoms with Crippen molar-refractivity contribution in [2.75, 3.05) is 6.54 Å². The highest BCUT2D eigenvalue weighted by Gasteiger charge is 2.05. The Labute approximate surface area is 125 Å². The third-order valence-electron chi connectivity index (χ3n) is 2.60. The van der Waals surface area contributed by atoms with Gasteiger partial charge in [0.15, 0.2) is 5.16 Å². The van der Waals surface area contributed by atoms with Crippen LogP contribution in [0.25, 0.3) is 0 Å². The van der Waals surface area contributed by atoms with Gasteiger partial charge in [0.1, 0.15) is 0 Å². The van der Waals surface area contributed by atoms with E-state index in [1.54, 1.807) is 7.05 Å². The molecule has 108 valence electrons. The van der Waals surface area contributed by atoms with Gasteiger partial charge in [-0.05, 0) is 17.7 Å². The van der Waals surface area contributed by atoms with Gasteiger partial charge >= 0.3 is 11.1 Å². The van der Waals surface area contributed by atoms with E-state index in [1.165, 1.54) is 16.4 Å². The molecule has 1 aromatic heterocycles. The topological polar surface area (TPSA) is 93.8 Å². The van der Waals surface area contributed by atoms with Crippen molar-refractivity contribution in [3.63, 3.8) is 0 Å². The lowest BCUT2D eigenvalue weighted by Crippen LogP contribution is -2.33. The van der Waals surface area contributed by atoms with Crippen LogP contribution in [0, 0.1) is 11.8 Å². The number of hydrogen-bond donors (Lipinski definition) is 2. The first-order valence-electron chi connectivity index (χ1n) is 6.18. The van der Waals surface area contributed by atoms with Gasteiger partial charge in [-0.25, -0.2) is 0 Å². The number of rotatable bonds is 3. The molecule has 1 aromatic carbocycles. The van der Waals surface area contributed by atoms with Crippen LogP contribution in [0.5, 0.6) is 0 Å². The monoisotopic (exact) mass is 302 g/mol.